The standard InChI is InChI=1S/C40H42F5N3O9S/c1-22-21-38(5,6)48(13-9-12-31(49)46-14-16-47(17-15-46)36(51)56-37(2,3)4)29-20-30-26(18-24(22)29)39(25-11-8-7-10-23(25)35(50)55-39)27-19-28(41)34(32(42)33(27)54-30)57-58(52,53)40(43,44)45/h7-8,10-11,18-20,22H,9,12-17,21H2,1-6H3. The number of hydrogen-bond donors (Lipinski definition) is 0. The van der Waals surface area contributed by atoms with Gasteiger partial charge >= 0.3 is 27.7 Å². The van der Waals surface area contributed by atoms with Gasteiger partial charge in [-0.25, -0.2) is 14.0 Å². The first kappa shape index (κ1) is 41.0. The molecule has 2 amide bonds. The van der Waals surface area contributed by atoms with Crippen molar-refractivity contribution in [3.8, 4) is 17.2 Å². The van der Waals surface area contributed by atoms with Crippen molar-refractivity contribution in [2.75, 3.05) is 37.6 Å². The van der Waals surface area contributed by atoms with Crippen molar-refractivity contribution < 1.29 is 63.1 Å². The van der Waals surface area contributed by atoms with E-state index in [9.17, 15) is 36.0 Å². The third-order valence-corrected chi connectivity index (χ3v) is 11.8. The van der Waals surface area contributed by atoms with E-state index in [0.29, 0.717) is 57.3 Å². The Balaban J connectivity index is 1.23. The second kappa shape index (κ2) is 14.0. The number of halogens is 5. The number of amides is 2. The molecule has 3 aromatic rings. The molecule has 1 fully saturated rings. The van der Waals surface area contributed by atoms with Gasteiger partial charge in [0.1, 0.15) is 11.4 Å². The Kier molecular flexibility index (Phi) is 9.92. The number of carbonyl (C=O) groups excluding carboxylic acids is 3. The van der Waals surface area contributed by atoms with Crippen LogP contribution in [-0.4, -0.2) is 85.6 Å². The molecule has 1 saturated heterocycles. The minimum atomic E-state index is -6.52. The molecule has 0 N–H and O–H groups in total. The highest BCUT2D eigenvalue weighted by Crippen LogP contribution is 2.60. The summed E-state index contributed by atoms with van der Waals surface area (Å²) in [5, 5.41) is 0. The van der Waals surface area contributed by atoms with Crippen LogP contribution in [0.3, 0.4) is 0 Å². The lowest BCUT2D eigenvalue weighted by molar-refractivity contribution is -0.133. The number of ether oxygens (including phenoxy) is 3. The fraction of sp³-hybridized carbons (Fsp3) is 0.475. The highest BCUT2D eigenvalue weighted by molar-refractivity contribution is 7.88. The van der Waals surface area contributed by atoms with E-state index >= 15 is 8.78 Å². The van der Waals surface area contributed by atoms with Gasteiger partial charge in [-0.3, -0.25) is 4.79 Å². The number of nitrogens with zero attached hydrogens (tertiary/aromatic N) is 3. The molecule has 18 heteroatoms. The van der Waals surface area contributed by atoms with Crippen molar-refractivity contribution in [3.63, 3.8) is 0 Å². The van der Waals surface area contributed by atoms with Gasteiger partial charge in [0.05, 0.1) is 11.1 Å². The molecule has 4 heterocycles. The maximum absolute atomic E-state index is 16.3. The van der Waals surface area contributed by atoms with Crippen molar-refractivity contribution in [3.05, 3.63) is 81.9 Å². The van der Waals surface area contributed by atoms with Crippen LogP contribution in [0.2, 0.25) is 0 Å². The highest BCUT2D eigenvalue weighted by Gasteiger charge is 2.56. The molecule has 2 atom stereocenters. The predicted molar refractivity (Wildman–Crippen MR) is 198 cm³/mol. The Labute approximate surface area is 331 Å². The number of alkyl halides is 3. The summed E-state index contributed by atoms with van der Waals surface area (Å²) in [7, 11) is -6.52. The lowest BCUT2D eigenvalue weighted by Crippen LogP contribution is -2.52. The summed E-state index contributed by atoms with van der Waals surface area (Å²) < 4.78 is 117. The van der Waals surface area contributed by atoms with E-state index < -0.39 is 73.1 Å². The molecule has 312 valence electrons. The molecule has 0 bridgehead atoms. The molecule has 7 rings (SSSR count). The fourth-order valence-electron chi connectivity index (χ4n) is 8.35. The van der Waals surface area contributed by atoms with Gasteiger partial charge in [-0.2, -0.15) is 26.0 Å². The van der Waals surface area contributed by atoms with Gasteiger partial charge in [-0.15, -0.1) is 0 Å². The number of anilines is 1. The van der Waals surface area contributed by atoms with Gasteiger partial charge in [0.2, 0.25) is 17.5 Å². The molecule has 2 unspecified atom stereocenters. The van der Waals surface area contributed by atoms with E-state index in [2.05, 4.69) is 9.08 Å². The zero-order chi connectivity index (χ0) is 42.3. The largest absolute Gasteiger partial charge is 0.534 e. The number of fused-ring (bicyclic) bond motifs is 7. The third kappa shape index (κ3) is 6.96. The predicted octanol–water partition coefficient (Wildman–Crippen LogP) is 7.71. The summed E-state index contributed by atoms with van der Waals surface area (Å²) in [6.07, 6.45) is 0.807. The van der Waals surface area contributed by atoms with Gasteiger partial charge in [0.15, 0.2) is 17.2 Å². The van der Waals surface area contributed by atoms with Gasteiger partial charge < -0.3 is 33.1 Å². The molecule has 12 nitrogen and oxygen atoms in total. The number of rotatable bonds is 6. The minimum Gasteiger partial charge on any atom is -0.453 e. The lowest BCUT2D eigenvalue weighted by Gasteiger charge is -2.48. The van der Waals surface area contributed by atoms with E-state index in [1.165, 1.54) is 12.1 Å². The molecule has 58 heavy (non-hydrogen) atoms. The summed E-state index contributed by atoms with van der Waals surface area (Å²) in [5.41, 5.74) is -7.85. The number of hydrogen-bond acceptors (Lipinski definition) is 10. The molecule has 0 aromatic heterocycles. The molecule has 0 radical (unpaired) electrons. The van der Waals surface area contributed by atoms with Crippen LogP contribution < -0.4 is 13.8 Å². The second-order valence-electron chi connectivity index (χ2n) is 16.5. The number of esters is 1. The highest BCUT2D eigenvalue weighted by atomic mass is 32.2. The van der Waals surface area contributed by atoms with Crippen LogP contribution in [0.1, 0.15) is 99.3 Å². The van der Waals surface area contributed by atoms with Crippen molar-refractivity contribution in [1.29, 1.82) is 0 Å². The quantitative estimate of drug-likeness (QED) is 0.105. The van der Waals surface area contributed by atoms with Crippen LogP contribution in [-0.2, 0) is 30.0 Å². The van der Waals surface area contributed by atoms with Crippen molar-refractivity contribution in [2.24, 2.45) is 0 Å². The van der Waals surface area contributed by atoms with Crippen LogP contribution in [0.15, 0.2) is 42.5 Å². The van der Waals surface area contributed by atoms with E-state index in [1.807, 2.05) is 20.8 Å². The van der Waals surface area contributed by atoms with Gasteiger partial charge in [0.25, 0.3) is 0 Å². The maximum Gasteiger partial charge on any atom is 0.534 e. The average Bonchev–Trinajstić information content (AvgIpc) is 3.42. The third-order valence-electron chi connectivity index (χ3n) is 10.9. The minimum absolute atomic E-state index is 0.0616. The zero-order valence-corrected chi connectivity index (χ0v) is 33.4. The molecule has 3 aromatic carbocycles. The van der Waals surface area contributed by atoms with Crippen LogP contribution >= 0.6 is 0 Å². The van der Waals surface area contributed by atoms with Gasteiger partial charge in [-0.1, -0.05) is 25.1 Å². The van der Waals surface area contributed by atoms with E-state index in [-0.39, 0.29) is 40.7 Å². The lowest BCUT2D eigenvalue weighted by atomic mass is 9.74. The summed E-state index contributed by atoms with van der Waals surface area (Å²) in [6, 6.07) is 9.95. The summed E-state index contributed by atoms with van der Waals surface area (Å²) >= 11 is 0. The number of piperazine rings is 1. The zero-order valence-electron chi connectivity index (χ0n) is 32.6. The summed E-state index contributed by atoms with van der Waals surface area (Å²) in [6.45, 7) is 13.1. The van der Waals surface area contributed by atoms with Gasteiger partial charge in [0, 0.05) is 67.6 Å². The van der Waals surface area contributed by atoms with Crippen molar-refractivity contribution in [1.82, 2.24) is 9.80 Å². The van der Waals surface area contributed by atoms with Crippen LogP contribution in [0.5, 0.6) is 17.2 Å². The Morgan fingerprint density at radius 3 is 2.26 bits per heavy atom. The first-order valence-corrected chi connectivity index (χ1v) is 20.1. The molecule has 4 aliphatic heterocycles. The fourth-order valence-corrected chi connectivity index (χ4v) is 8.82. The Morgan fingerprint density at radius 1 is 0.948 bits per heavy atom. The number of carbonyl (C=O) groups is 3. The van der Waals surface area contributed by atoms with Crippen LogP contribution in [0, 0.1) is 11.6 Å². The molecule has 0 saturated carbocycles. The Morgan fingerprint density at radius 2 is 1.60 bits per heavy atom. The Bertz CT molecular complexity index is 2320. The second-order valence-corrected chi connectivity index (χ2v) is 18.0. The molecule has 4 aliphatic rings. The van der Waals surface area contributed by atoms with Crippen molar-refractivity contribution in [2.45, 2.75) is 89.0 Å². The normalized spacial score (nSPS) is 21.1. The van der Waals surface area contributed by atoms with Crippen LogP contribution in [0.4, 0.5) is 32.4 Å². The first-order valence-electron chi connectivity index (χ1n) is 18.7. The first-order chi connectivity index (χ1) is 26.9. The Hall–Kier alpha value is -5.13. The SMILES string of the molecule is CC1CC(C)(C)N(CCCC(=O)N2CCN(C(=O)OC(C)(C)C)CC2)c2cc3c(cc21)C1(OC(=O)c2ccccc21)c1cc(F)c(OS(=O)(=O)C(F)(F)F)c(F)c1O3. The summed E-state index contributed by atoms with van der Waals surface area (Å²) in [4.78, 5) is 44.6. The van der Waals surface area contributed by atoms with E-state index in [1.54, 1.807) is 54.8 Å². The maximum atomic E-state index is 16.3. The molecule has 0 aliphatic carbocycles. The summed E-state index contributed by atoms with van der Waals surface area (Å²) in [5.74, 6) is -7.64. The van der Waals surface area contributed by atoms with E-state index in [4.69, 9.17) is 14.2 Å². The van der Waals surface area contributed by atoms with Gasteiger partial charge in [-0.05, 0) is 77.1 Å². The average molecular weight is 836 g/mol. The topological polar surface area (TPSA) is 132 Å². The van der Waals surface area contributed by atoms with Crippen molar-refractivity contribution >= 4 is 33.8 Å². The number of benzene rings is 3. The molecule has 1 spiro atoms. The smallest absolute Gasteiger partial charge is 0.453 e. The van der Waals surface area contributed by atoms with Crippen LogP contribution in [0.25, 0.3) is 0 Å². The molecular weight excluding hydrogens is 794 g/mol. The van der Waals surface area contributed by atoms with E-state index in [0.717, 1.165) is 5.56 Å². The monoisotopic (exact) mass is 835 g/mol. The molecular formula is C40H42F5N3O9S.